The van der Waals surface area contributed by atoms with E-state index in [1.807, 2.05) is 6.92 Å². The van der Waals surface area contributed by atoms with Gasteiger partial charge in [-0.1, -0.05) is 0 Å². The predicted octanol–water partition coefficient (Wildman–Crippen LogP) is 2.12. The van der Waals surface area contributed by atoms with Crippen molar-refractivity contribution in [3.8, 4) is 0 Å². The second-order valence-corrected chi connectivity index (χ2v) is 4.57. The van der Waals surface area contributed by atoms with Crippen LogP contribution in [-0.4, -0.2) is 17.1 Å². The first-order chi connectivity index (χ1) is 8.16. The van der Waals surface area contributed by atoms with Crippen LogP contribution in [0.25, 0.3) is 0 Å². The van der Waals surface area contributed by atoms with E-state index < -0.39 is 0 Å². The highest BCUT2D eigenvalue weighted by atomic mass is 32.1. The summed E-state index contributed by atoms with van der Waals surface area (Å²) in [6, 6.07) is 3.50. The summed E-state index contributed by atoms with van der Waals surface area (Å²) < 4.78 is 5.04. The minimum atomic E-state index is -0.254. The number of thiazole rings is 1. The van der Waals surface area contributed by atoms with Gasteiger partial charge in [0, 0.05) is 0 Å². The molecule has 5 nitrogen and oxygen atoms in total. The maximum absolute atomic E-state index is 11.7. The number of nitrogens with one attached hydrogen (secondary N) is 1. The molecule has 0 unspecified atom stereocenters. The zero-order valence-electron chi connectivity index (χ0n) is 9.43. The summed E-state index contributed by atoms with van der Waals surface area (Å²) in [6.45, 7) is 3.66. The summed E-state index contributed by atoms with van der Waals surface area (Å²) in [5.74, 6) is 0.332. The summed E-state index contributed by atoms with van der Waals surface area (Å²) in [4.78, 5) is 16.5. The van der Waals surface area contributed by atoms with E-state index >= 15 is 0 Å². The number of hydrazone groups is 1. The number of carbonyl (C=O) groups is 1. The highest BCUT2D eigenvalue weighted by Gasteiger charge is 2.12. The van der Waals surface area contributed by atoms with Crippen LogP contribution in [-0.2, 0) is 0 Å². The highest BCUT2D eigenvalue weighted by Crippen LogP contribution is 2.16. The second kappa shape index (κ2) is 4.92. The third kappa shape index (κ3) is 2.79. The molecule has 0 aliphatic carbocycles. The van der Waals surface area contributed by atoms with Gasteiger partial charge in [0.25, 0.3) is 5.91 Å². The zero-order valence-corrected chi connectivity index (χ0v) is 10.2. The first-order valence-electron chi connectivity index (χ1n) is 4.98. The molecule has 0 fully saturated rings. The van der Waals surface area contributed by atoms with Gasteiger partial charge in [-0.2, -0.15) is 5.10 Å². The van der Waals surface area contributed by atoms with E-state index in [0.717, 1.165) is 10.7 Å². The maximum atomic E-state index is 11.7. The summed E-state index contributed by atoms with van der Waals surface area (Å²) in [7, 11) is 0. The molecule has 0 spiro atoms. The fourth-order valence-corrected chi connectivity index (χ4v) is 2.12. The van der Waals surface area contributed by atoms with Gasteiger partial charge in [0.05, 0.1) is 23.2 Å². The van der Waals surface area contributed by atoms with Crippen molar-refractivity contribution in [2.24, 2.45) is 5.10 Å². The van der Waals surface area contributed by atoms with Crippen LogP contribution in [0.2, 0.25) is 0 Å². The number of nitrogens with zero attached hydrogens (tertiary/aromatic N) is 2. The minimum Gasteiger partial charge on any atom is -0.463 e. The van der Waals surface area contributed by atoms with Gasteiger partial charge in [0.2, 0.25) is 0 Å². The van der Waals surface area contributed by atoms with Crippen LogP contribution < -0.4 is 5.43 Å². The van der Waals surface area contributed by atoms with Gasteiger partial charge in [-0.05, 0) is 26.0 Å². The Morgan fingerprint density at radius 1 is 1.59 bits per heavy atom. The molecule has 2 heterocycles. The normalized spacial score (nSPS) is 10.9. The number of rotatable bonds is 3. The Morgan fingerprint density at radius 3 is 3.00 bits per heavy atom. The summed E-state index contributed by atoms with van der Waals surface area (Å²) in [5, 5.41) is 4.66. The predicted molar refractivity (Wildman–Crippen MR) is 65.4 cm³/mol. The van der Waals surface area contributed by atoms with Gasteiger partial charge in [-0.3, -0.25) is 4.79 Å². The smallest absolute Gasteiger partial charge is 0.283 e. The Balaban J connectivity index is 2.00. The van der Waals surface area contributed by atoms with Gasteiger partial charge in [-0.25, -0.2) is 10.4 Å². The molecule has 2 aromatic heterocycles. The standard InChI is InChI=1S/C11H11N3O2S/c1-7-10(17-8(2)13-7)11(15)14-12-6-9-4-3-5-16-9/h3-6H,1-2H3,(H,14,15)/b12-6-. The fraction of sp³-hybridized carbons (Fsp3) is 0.182. The molecule has 0 aromatic carbocycles. The topological polar surface area (TPSA) is 67.5 Å². The highest BCUT2D eigenvalue weighted by molar-refractivity contribution is 7.13. The lowest BCUT2D eigenvalue weighted by molar-refractivity contribution is 0.0958. The summed E-state index contributed by atoms with van der Waals surface area (Å²) in [6.07, 6.45) is 2.99. The van der Waals surface area contributed by atoms with E-state index in [-0.39, 0.29) is 5.91 Å². The lowest BCUT2D eigenvalue weighted by Crippen LogP contribution is -2.17. The molecule has 6 heteroatoms. The van der Waals surface area contributed by atoms with Crippen molar-refractivity contribution in [1.82, 2.24) is 10.4 Å². The first-order valence-corrected chi connectivity index (χ1v) is 5.79. The Kier molecular flexibility index (Phi) is 3.34. The van der Waals surface area contributed by atoms with Crippen molar-refractivity contribution in [2.75, 3.05) is 0 Å². The van der Waals surface area contributed by atoms with Crippen LogP contribution in [0, 0.1) is 13.8 Å². The van der Waals surface area contributed by atoms with Crippen LogP contribution in [0.5, 0.6) is 0 Å². The Bertz CT molecular complexity index is 543. The van der Waals surface area contributed by atoms with E-state index in [1.54, 1.807) is 25.3 Å². The van der Waals surface area contributed by atoms with Crippen molar-refractivity contribution in [1.29, 1.82) is 0 Å². The molecule has 0 atom stereocenters. The van der Waals surface area contributed by atoms with E-state index in [4.69, 9.17) is 4.42 Å². The summed E-state index contributed by atoms with van der Waals surface area (Å²) in [5.41, 5.74) is 3.15. The number of furan rings is 1. The van der Waals surface area contributed by atoms with E-state index in [9.17, 15) is 4.79 Å². The van der Waals surface area contributed by atoms with E-state index in [1.165, 1.54) is 17.6 Å². The van der Waals surface area contributed by atoms with Gasteiger partial charge in [-0.15, -0.1) is 11.3 Å². The molecule has 1 amide bonds. The van der Waals surface area contributed by atoms with Crippen molar-refractivity contribution in [2.45, 2.75) is 13.8 Å². The van der Waals surface area contributed by atoms with Crippen LogP contribution >= 0.6 is 11.3 Å². The molecule has 0 saturated carbocycles. The number of hydrogen-bond donors (Lipinski definition) is 1. The molecule has 0 aliphatic rings. The van der Waals surface area contributed by atoms with Crippen molar-refractivity contribution in [3.05, 3.63) is 39.7 Å². The molecular weight excluding hydrogens is 238 g/mol. The minimum absolute atomic E-state index is 0.254. The monoisotopic (exact) mass is 249 g/mol. The number of hydrogen-bond acceptors (Lipinski definition) is 5. The fourth-order valence-electron chi connectivity index (χ4n) is 1.31. The van der Waals surface area contributed by atoms with Gasteiger partial charge in [0.1, 0.15) is 10.6 Å². The second-order valence-electron chi connectivity index (χ2n) is 3.36. The molecule has 17 heavy (non-hydrogen) atoms. The molecule has 0 bridgehead atoms. The Morgan fingerprint density at radius 2 is 2.41 bits per heavy atom. The molecule has 88 valence electrons. The first kappa shape index (κ1) is 11.5. The quantitative estimate of drug-likeness (QED) is 0.669. The molecule has 0 radical (unpaired) electrons. The lowest BCUT2D eigenvalue weighted by atomic mass is 10.4. The number of carbonyl (C=O) groups excluding carboxylic acids is 1. The third-order valence-corrected chi connectivity index (χ3v) is 3.08. The zero-order chi connectivity index (χ0) is 12.3. The van der Waals surface area contributed by atoms with Gasteiger partial charge in [0.15, 0.2) is 0 Å². The van der Waals surface area contributed by atoms with Crippen molar-refractivity contribution >= 4 is 23.5 Å². The van der Waals surface area contributed by atoms with Crippen LogP contribution in [0.15, 0.2) is 27.9 Å². The van der Waals surface area contributed by atoms with E-state index in [2.05, 4.69) is 15.5 Å². The number of aryl methyl sites for hydroxylation is 2. The summed E-state index contributed by atoms with van der Waals surface area (Å²) >= 11 is 1.35. The molecule has 1 N–H and O–H groups in total. The number of amides is 1. The molecule has 2 aromatic rings. The molecular formula is C11H11N3O2S. The van der Waals surface area contributed by atoms with Crippen molar-refractivity contribution in [3.63, 3.8) is 0 Å². The molecule has 2 rings (SSSR count). The lowest BCUT2D eigenvalue weighted by Gasteiger charge is -1.95. The average Bonchev–Trinajstić information content (AvgIpc) is 2.88. The Labute approximate surface area is 102 Å². The van der Waals surface area contributed by atoms with Gasteiger partial charge >= 0.3 is 0 Å². The van der Waals surface area contributed by atoms with Gasteiger partial charge < -0.3 is 4.42 Å². The number of aromatic nitrogens is 1. The average molecular weight is 249 g/mol. The van der Waals surface area contributed by atoms with Crippen LogP contribution in [0.3, 0.4) is 0 Å². The van der Waals surface area contributed by atoms with Crippen LogP contribution in [0.1, 0.15) is 26.1 Å². The largest absolute Gasteiger partial charge is 0.463 e. The SMILES string of the molecule is Cc1nc(C)c(C(=O)N/N=C\c2ccco2)s1. The third-order valence-electron chi connectivity index (χ3n) is 2.01. The van der Waals surface area contributed by atoms with Crippen molar-refractivity contribution < 1.29 is 9.21 Å². The molecule has 0 aliphatic heterocycles. The molecule has 0 saturated heterocycles. The van der Waals surface area contributed by atoms with E-state index in [0.29, 0.717) is 10.6 Å². The Hall–Kier alpha value is -1.95. The van der Waals surface area contributed by atoms with Crippen LogP contribution in [0.4, 0.5) is 0 Å². The maximum Gasteiger partial charge on any atom is 0.283 e.